The topological polar surface area (TPSA) is 113 Å². The van der Waals surface area contributed by atoms with Gasteiger partial charge in [-0.3, -0.25) is 4.79 Å². The molecule has 0 aromatic heterocycles. The normalized spacial score (nSPS) is 16.5. The van der Waals surface area contributed by atoms with Crippen LogP contribution in [-0.4, -0.2) is 71.0 Å². The summed E-state index contributed by atoms with van der Waals surface area (Å²) < 4.78 is 4.99. The predicted octanol–water partition coefficient (Wildman–Crippen LogP) is -1.59. The van der Waals surface area contributed by atoms with Gasteiger partial charge < -0.3 is 25.8 Å². The molecule has 0 aliphatic carbocycles. The van der Waals surface area contributed by atoms with Crippen molar-refractivity contribution < 1.29 is 24.9 Å². The number of hydrogen-bond donors (Lipinski definition) is 4. The van der Waals surface area contributed by atoms with Gasteiger partial charge in [0.05, 0.1) is 26.1 Å². The number of carboxylic acid groups (broad SMARTS) is 1. The highest BCUT2D eigenvalue weighted by atomic mass is 32.2. The summed E-state index contributed by atoms with van der Waals surface area (Å²) in [6, 6.07) is -0.826. The molecule has 0 radical (unpaired) electrons. The first-order chi connectivity index (χ1) is 7.97. The third kappa shape index (κ3) is 9.37. The molecular weight excluding hydrogens is 246 g/mol. The summed E-state index contributed by atoms with van der Waals surface area (Å²) in [7, 11) is -0.0785. The van der Waals surface area contributed by atoms with Gasteiger partial charge in [-0.2, -0.15) is 0 Å². The second-order valence-electron chi connectivity index (χ2n) is 3.84. The molecular formula is C10H22NO5S+. The third-order valence-corrected chi connectivity index (χ3v) is 4.00. The van der Waals surface area contributed by atoms with Gasteiger partial charge >= 0.3 is 5.97 Å². The van der Waals surface area contributed by atoms with E-state index < -0.39 is 18.1 Å². The fourth-order valence-electron chi connectivity index (χ4n) is 1.20. The van der Waals surface area contributed by atoms with E-state index in [4.69, 9.17) is 20.7 Å². The standard InChI is InChI=1S/C10H21NO5S/c1-17(5-2-9(11)10(14)15)7-8(13)6-16-4-3-12/h8-9,12-13H,2-7,11H2,1H3/p+1/t8?,9-,17?/m0/s1. The van der Waals surface area contributed by atoms with Crippen molar-refractivity contribution in [2.75, 3.05) is 37.6 Å². The zero-order valence-electron chi connectivity index (χ0n) is 10.0. The highest BCUT2D eigenvalue weighted by Crippen LogP contribution is 2.01. The van der Waals surface area contributed by atoms with Crippen LogP contribution in [-0.2, 0) is 20.4 Å². The molecule has 5 N–H and O–H groups in total. The molecule has 0 aromatic rings. The fraction of sp³-hybridized carbons (Fsp3) is 0.900. The van der Waals surface area contributed by atoms with E-state index in [2.05, 4.69) is 0 Å². The Morgan fingerprint density at radius 2 is 2.18 bits per heavy atom. The van der Waals surface area contributed by atoms with Crippen LogP contribution in [0.4, 0.5) is 0 Å². The first kappa shape index (κ1) is 16.7. The minimum Gasteiger partial charge on any atom is -0.480 e. The minimum atomic E-state index is -0.992. The highest BCUT2D eigenvalue weighted by Gasteiger charge is 2.21. The van der Waals surface area contributed by atoms with Crippen molar-refractivity contribution in [3.8, 4) is 0 Å². The number of aliphatic carboxylic acids is 1. The van der Waals surface area contributed by atoms with Crippen LogP contribution >= 0.6 is 0 Å². The van der Waals surface area contributed by atoms with E-state index in [1.54, 1.807) is 0 Å². The van der Waals surface area contributed by atoms with E-state index >= 15 is 0 Å². The lowest BCUT2D eigenvalue weighted by Crippen LogP contribution is -2.34. The van der Waals surface area contributed by atoms with Gasteiger partial charge in [-0.15, -0.1) is 0 Å². The smallest absolute Gasteiger partial charge is 0.320 e. The Balaban J connectivity index is 3.63. The number of nitrogens with two attached hydrogens (primary N) is 1. The molecule has 6 nitrogen and oxygen atoms in total. The highest BCUT2D eigenvalue weighted by molar-refractivity contribution is 7.96. The maximum absolute atomic E-state index is 10.5. The minimum absolute atomic E-state index is 0.0575. The van der Waals surface area contributed by atoms with Crippen LogP contribution in [0, 0.1) is 0 Å². The molecule has 0 bridgehead atoms. The first-order valence-corrected chi connectivity index (χ1v) is 7.38. The maximum atomic E-state index is 10.5. The van der Waals surface area contributed by atoms with Crippen molar-refractivity contribution >= 4 is 16.9 Å². The number of hydrogen-bond acceptors (Lipinski definition) is 5. The number of ether oxygens (including phenoxy) is 1. The summed E-state index contributed by atoms with van der Waals surface area (Å²) in [5.74, 6) is 0.260. The summed E-state index contributed by atoms with van der Waals surface area (Å²) in [6.45, 7) is 0.360. The second kappa shape index (κ2) is 9.67. The number of aliphatic hydroxyl groups is 2. The van der Waals surface area contributed by atoms with E-state index in [9.17, 15) is 9.90 Å². The molecule has 102 valence electrons. The Bertz CT molecular complexity index is 217. The Labute approximate surface area is 104 Å². The Morgan fingerprint density at radius 1 is 1.53 bits per heavy atom. The van der Waals surface area contributed by atoms with Crippen molar-refractivity contribution in [1.29, 1.82) is 0 Å². The van der Waals surface area contributed by atoms with E-state index in [1.807, 2.05) is 6.26 Å². The summed E-state index contributed by atoms with van der Waals surface area (Å²) in [5, 5.41) is 26.7. The third-order valence-electron chi connectivity index (χ3n) is 2.12. The summed E-state index contributed by atoms with van der Waals surface area (Å²) in [5.41, 5.74) is 5.38. The zero-order chi connectivity index (χ0) is 13.3. The lowest BCUT2D eigenvalue weighted by atomic mass is 10.2. The molecule has 7 heteroatoms. The molecule has 2 unspecified atom stereocenters. The summed E-state index contributed by atoms with van der Waals surface area (Å²) in [4.78, 5) is 10.5. The van der Waals surface area contributed by atoms with Gasteiger partial charge in [0, 0.05) is 6.42 Å². The molecule has 3 atom stereocenters. The SMILES string of the molecule is C[S+](CC[C@H](N)C(=O)O)CC(O)COCCO. The van der Waals surface area contributed by atoms with Gasteiger partial charge in [-0.1, -0.05) is 0 Å². The molecule has 0 amide bonds. The van der Waals surface area contributed by atoms with Gasteiger partial charge in [0.15, 0.2) is 0 Å². The van der Waals surface area contributed by atoms with Crippen LogP contribution < -0.4 is 5.73 Å². The largest absolute Gasteiger partial charge is 0.480 e. The van der Waals surface area contributed by atoms with Crippen molar-refractivity contribution in [3.63, 3.8) is 0 Å². The fourth-order valence-corrected chi connectivity index (χ4v) is 2.77. The predicted molar refractivity (Wildman–Crippen MR) is 67.2 cm³/mol. The molecule has 0 saturated carbocycles. The van der Waals surface area contributed by atoms with Crippen LogP contribution in [0.2, 0.25) is 0 Å². The zero-order valence-corrected chi connectivity index (χ0v) is 10.9. The monoisotopic (exact) mass is 268 g/mol. The quantitative estimate of drug-likeness (QED) is 0.280. The second-order valence-corrected chi connectivity index (χ2v) is 6.14. The molecule has 0 saturated heterocycles. The molecule has 17 heavy (non-hydrogen) atoms. The summed E-state index contributed by atoms with van der Waals surface area (Å²) >= 11 is 0. The van der Waals surface area contributed by atoms with E-state index in [1.165, 1.54) is 0 Å². The van der Waals surface area contributed by atoms with Crippen LogP contribution in [0.15, 0.2) is 0 Å². The van der Waals surface area contributed by atoms with Gasteiger partial charge in [0.2, 0.25) is 0 Å². The van der Waals surface area contributed by atoms with E-state index in [-0.39, 0.29) is 30.7 Å². The first-order valence-electron chi connectivity index (χ1n) is 5.41. The Kier molecular flexibility index (Phi) is 9.47. The maximum Gasteiger partial charge on any atom is 0.320 e. The molecule has 0 aliphatic heterocycles. The van der Waals surface area contributed by atoms with Crippen LogP contribution in [0.25, 0.3) is 0 Å². The number of carboxylic acids is 1. The molecule has 0 aromatic carbocycles. The summed E-state index contributed by atoms with van der Waals surface area (Å²) in [6.07, 6.45) is 1.80. The number of aliphatic hydroxyl groups excluding tert-OH is 2. The lowest BCUT2D eigenvalue weighted by molar-refractivity contribution is -0.138. The average molecular weight is 268 g/mol. The van der Waals surface area contributed by atoms with Crippen molar-refractivity contribution in [1.82, 2.24) is 0 Å². The van der Waals surface area contributed by atoms with Gasteiger partial charge in [0.1, 0.15) is 23.7 Å². The Morgan fingerprint density at radius 3 is 2.71 bits per heavy atom. The Hall–Kier alpha value is -0.340. The average Bonchev–Trinajstić information content (AvgIpc) is 2.26. The number of rotatable bonds is 10. The van der Waals surface area contributed by atoms with E-state index in [0.717, 1.165) is 0 Å². The van der Waals surface area contributed by atoms with Crippen molar-refractivity contribution in [3.05, 3.63) is 0 Å². The van der Waals surface area contributed by atoms with E-state index in [0.29, 0.717) is 17.9 Å². The van der Waals surface area contributed by atoms with Crippen LogP contribution in [0.3, 0.4) is 0 Å². The van der Waals surface area contributed by atoms with Crippen molar-refractivity contribution in [2.24, 2.45) is 5.73 Å². The van der Waals surface area contributed by atoms with Gasteiger partial charge in [0.25, 0.3) is 0 Å². The number of carbonyl (C=O) groups is 1. The van der Waals surface area contributed by atoms with Crippen LogP contribution in [0.1, 0.15) is 6.42 Å². The molecule has 0 heterocycles. The molecule has 0 fully saturated rings. The van der Waals surface area contributed by atoms with Crippen molar-refractivity contribution in [2.45, 2.75) is 18.6 Å². The lowest BCUT2D eigenvalue weighted by Gasteiger charge is -2.11. The molecule has 0 rings (SSSR count). The molecule has 0 aliphatic rings. The van der Waals surface area contributed by atoms with Gasteiger partial charge in [-0.25, -0.2) is 0 Å². The van der Waals surface area contributed by atoms with Gasteiger partial charge in [-0.05, 0) is 10.9 Å². The molecule has 0 spiro atoms. The van der Waals surface area contributed by atoms with Crippen LogP contribution in [0.5, 0.6) is 0 Å².